The van der Waals surface area contributed by atoms with Crippen molar-refractivity contribution in [1.82, 2.24) is 4.31 Å². The van der Waals surface area contributed by atoms with Gasteiger partial charge in [-0.25, -0.2) is 21.2 Å². The summed E-state index contributed by atoms with van der Waals surface area (Å²) in [7, 11) is -6.80. The first-order valence-corrected chi connectivity index (χ1v) is 16.6. The molecule has 1 N–H and O–H groups in total. The lowest BCUT2D eigenvalue weighted by molar-refractivity contribution is -0.114. The van der Waals surface area contributed by atoms with E-state index in [0.717, 1.165) is 34.5 Å². The minimum Gasteiger partial charge on any atom is -0.495 e. The van der Waals surface area contributed by atoms with Gasteiger partial charge in [-0.15, -0.1) is 11.8 Å². The minimum atomic E-state index is -4.27. The van der Waals surface area contributed by atoms with Crippen molar-refractivity contribution in [3.8, 4) is 5.75 Å². The summed E-state index contributed by atoms with van der Waals surface area (Å²) in [6.45, 7) is 0.0945. The molecule has 4 rings (SSSR count). The summed E-state index contributed by atoms with van der Waals surface area (Å²) in [5.74, 6) is -1.29. The SMILES string of the molecule is COc1ccc(NC(=O)CN(c2cccc(F)c2)S(=O)(=O)c2ccc(SC)cc2)cc1S(=O)(=O)N1CCCCC1. The first-order chi connectivity index (χ1) is 19.1. The van der Waals surface area contributed by atoms with Crippen LogP contribution in [0, 0.1) is 5.82 Å². The quantitative estimate of drug-likeness (QED) is 0.336. The normalized spacial score (nSPS) is 14.5. The summed E-state index contributed by atoms with van der Waals surface area (Å²) in [5.41, 5.74) is 0.106. The van der Waals surface area contributed by atoms with Crippen molar-refractivity contribution in [3.63, 3.8) is 0 Å². The van der Waals surface area contributed by atoms with Crippen LogP contribution in [0.25, 0.3) is 0 Å². The van der Waals surface area contributed by atoms with E-state index in [1.54, 1.807) is 12.1 Å². The van der Waals surface area contributed by atoms with Crippen molar-refractivity contribution in [3.05, 3.63) is 72.5 Å². The molecule has 3 aromatic rings. The molecule has 3 aromatic carbocycles. The Bertz CT molecular complexity index is 1580. The van der Waals surface area contributed by atoms with Gasteiger partial charge in [0.15, 0.2) is 0 Å². The smallest absolute Gasteiger partial charge is 0.264 e. The van der Waals surface area contributed by atoms with Gasteiger partial charge >= 0.3 is 0 Å². The number of nitrogens with one attached hydrogen (secondary N) is 1. The highest BCUT2D eigenvalue weighted by Gasteiger charge is 2.30. The zero-order valence-corrected chi connectivity index (χ0v) is 24.5. The second kappa shape index (κ2) is 12.6. The summed E-state index contributed by atoms with van der Waals surface area (Å²) < 4.78 is 75.4. The summed E-state index contributed by atoms with van der Waals surface area (Å²) >= 11 is 1.44. The van der Waals surface area contributed by atoms with Crippen molar-refractivity contribution < 1.29 is 30.8 Å². The molecule has 0 atom stereocenters. The number of rotatable bonds is 10. The molecule has 1 amide bonds. The molecule has 0 aromatic heterocycles. The Morgan fingerprint density at radius 3 is 2.33 bits per heavy atom. The van der Waals surface area contributed by atoms with Gasteiger partial charge in [-0.3, -0.25) is 9.10 Å². The van der Waals surface area contributed by atoms with E-state index in [2.05, 4.69) is 5.32 Å². The summed E-state index contributed by atoms with van der Waals surface area (Å²) in [4.78, 5) is 13.9. The van der Waals surface area contributed by atoms with Crippen LogP contribution in [-0.4, -0.2) is 60.0 Å². The molecule has 13 heteroatoms. The van der Waals surface area contributed by atoms with Gasteiger partial charge in [0.05, 0.1) is 17.7 Å². The minimum absolute atomic E-state index is 0.0350. The lowest BCUT2D eigenvalue weighted by Gasteiger charge is -2.27. The van der Waals surface area contributed by atoms with Gasteiger partial charge in [0.25, 0.3) is 10.0 Å². The molecule has 214 valence electrons. The first-order valence-electron chi connectivity index (χ1n) is 12.5. The average Bonchev–Trinajstić information content (AvgIpc) is 2.96. The number of ether oxygens (including phenoxy) is 1. The van der Waals surface area contributed by atoms with E-state index in [9.17, 15) is 26.0 Å². The summed E-state index contributed by atoms with van der Waals surface area (Å²) in [6.07, 6.45) is 4.31. The second-order valence-electron chi connectivity index (χ2n) is 9.05. The number of carbonyl (C=O) groups is 1. The largest absolute Gasteiger partial charge is 0.495 e. The maximum absolute atomic E-state index is 14.1. The van der Waals surface area contributed by atoms with Crippen LogP contribution in [0.4, 0.5) is 15.8 Å². The number of carbonyl (C=O) groups excluding carboxylic acids is 1. The number of hydrogen-bond donors (Lipinski definition) is 1. The van der Waals surface area contributed by atoms with Gasteiger partial charge in [-0.1, -0.05) is 12.5 Å². The number of piperidine rings is 1. The Morgan fingerprint density at radius 2 is 1.70 bits per heavy atom. The van der Waals surface area contributed by atoms with Crippen molar-refractivity contribution in [2.75, 3.05) is 42.6 Å². The molecule has 40 heavy (non-hydrogen) atoms. The van der Waals surface area contributed by atoms with Crippen LogP contribution in [0.15, 0.2) is 81.4 Å². The fourth-order valence-corrected chi connectivity index (χ4v) is 7.87. The molecule has 1 fully saturated rings. The Hall–Kier alpha value is -3.13. The molecule has 1 heterocycles. The molecule has 0 unspecified atom stereocenters. The lowest BCUT2D eigenvalue weighted by Crippen LogP contribution is -2.38. The Labute approximate surface area is 238 Å². The molecular weight excluding hydrogens is 578 g/mol. The Morgan fingerprint density at radius 1 is 1.00 bits per heavy atom. The predicted molar refractivity (Wildman–Crippen MR) is 153 cm³/mol. The zero-order valence-electron chi connectivity index (χ0n) is 22.0. The maximum atomic E-state index is 14.1. The number of methoxy groups -OCH3 is 1. The monoisotopic (exact) mass is 607 g/mol. The molecule has 1 aliphatic heterocycles. The van der Waals surface area contributed by atoms with Crippen LogP contribution < -0.4 is 14.4 Å². The van der Waals surface area contributed by atoms with Gasteiger partial charge in [-0.2, -0.15) is 4.31 Å². The number of hydrogen-bond acceptors (Lipinski definition) is 7. The number of thioether (sulfide) groups is 1. The van der Waals surface area contributed by atoms with Crippen LogP contribution in [0.3, 0.4) is 0 Å². The second-order valence-corrected chi connectivity index (χ2v) is 13.7. The van der Waals surface area contributed by atoms with Crippen molar-refractivity contribution in [1.29, 1.82) is 0 Å². The first kappa shape index (κ1) is 29.8. The number of sulfonamides is 2. The van der Waals surface area contributed by atoms with Crippen LogP contribution in [0.5, 0.6) is 5.75 Å². The molecule has 1 aliphatic rings. The molecule has 0 radical (unpaired) electrons. The molecule has 9 nitrogen and oxygen atoms in total. The van der Waals surface area contributed by atoms with Gasteiger partial charge in [0, 0.05) is 23.7 Å². The van der Waals surface area contributed by atoms with E-state index in [-0.39, 0.29) is 26.9 Å². The van der Waals surface area contributed by atoms with Crippen LogP contribution in [-0.2, 0) is 24.8 Å². The highest BCUT2D eigenvalue weighted by atomic mass is 32.2. The third-order valence-corrected chi connectivity index (χ3v) is 10.9. The van der Waals surface area contributed by atoms with E-state index >= 15 is 0 Å². The molecule has 0 bridgehead atoms. The van der Waals surface area contributed by atoms with Crippen LogP contribution in [0.2, 0.25) is 0 Å². The number of halogens is 1. The number of benzene rings is 3. The number of nitrogens with zero attached hydrogens (tertiary/aromatic N) is 2. The van der Waals surface area contributed by atoms with Crippen LogP contribution in [0.1, 0.15) is 19.3 Å². The fourth-order valence-electron chi connectivity index (χ4n) is 4.35. The van der Waals surface area contributed by atoms with Crippen molar-refractivity contribution >= 4 is 49.1 Å². The van der Waals surface area contributed by atoms with E-state index in [1.807, 2.05) is 6.26 Å². The Kier molecular flexibility index (Phi) is 9.39. The molecule has 0 saturated carbocycles. The molecule has 0 aliphatic carbocycles. The maximum Gasteiger partial charge on any atom is 0.264 e. The highest BCUT2D eigenvalue weighted by Crippen LogP contribution is 2.32. The third-order valence-electron chi connectivity index (χ3n) is 6.41. The van der Waals surface area contributed by atoms with Gasteiger partial charge in [-0.05, 0) is 79.8 Å². The van der Waals surface area contributed by atoms with E-state index in [4.69, 9.17) is 4.74 Å². The summed E-state index contributed by atoms with van der Waals surface area (Å²) in [5, 5.41) is 2.58. The average molecular weight is 608 g/mol. The topological polar surface area (TPSA) is 113 Å². The summed E-state index contributed by atoms with van der Waals surface area (Å²) in [6, 6.07) is 15.3. The van der Waals surface area contributed by atoms with Crippen molar-refractivity contribution in [2.45, 2.75) is 33.9 Å². The Balaban J connectivity index is 1.64. The molecular formula is C27H30FN3O6S3. The standard InChI is InChI=1S/C27H30FN3O6S3/c1-37-25-14-9-21(18-26(25)40(35,36)30-15-4-3-5-16-30)29-27(32)19-31(22-8-6-7-20(28)17-22)39(33,34)24-12-10-23(38-2)11-13-24/h6-14,17-18H,3-5,15-16,19H2,1-2H3,(H,29,32). The highest BCUT2D eigenvalue weighted by molar-refractivity contribution is 7.98. The predicted octanol–water partition coefficient (Wildman–Crippen LogP) is 4.56. The van der Waals surface area contributed by atoms with E-state index in [0.29, 0.717) is 13.1 Å². The van der Waals surface area contributed by atoms with Gasteiger partial charge < -0.3 is 10.1 Å². The van der Waals surface area contributed by atoms with Gasteiger partial charge in [0.1, 0.15) is 23.0 Å². The van der Waals surface area contributed by atoms with Crippen LogP contribution >= 0.6 is 11.8 Å². The molecule has 1 saturated heterocycles. The number of anilines is 2. The van der Waals surface area contributed by atoms with Gasteiger partial charge in [0.2, 0.25) is 15.9 Å². The van der Waals surface area contributed by atoms with E-state index in [1.165, 1.54) is 71.7 Å². The third kappa shape index (κ3) is 6.60. The van der Waals surface area contributed by atoms with E-state index < -0.39 is 38.3 Å². The fraction of sp³-hybridized carbons (Fsp3) is 0.296. The lowest BCUT2D eigenvalue weighted by atomic mass is 10.2. The number of amides is 1. The molecule has 0 spiro atoms. The zero-order chi connectivity index (χ0) is 28.9. The van der Waals surface area contributed by atoms with Crippen molar-refractivity contribution in [2.24, 2.45) is 0 Å².